The molecule has 92 valence electrons. The number of carbonyl (C=O) groups excluding carboxylic acids is 1. The molecule has 0 N–H and O–H groups in total. The minimum atomic E-state index is -3.31. The van der Waals surface area contributed by atoms with Gasteiger partial charge in [-0.25, -0.2) is 0 Å². The molecular weight excluding hydrogens is 236 g/mol. The lowest BCUT2D eigenvalue weighted by Gasteiger charge is -2.23. The van der Waals surface area contributed by atoms with Crippen molar-refractivity contribution in [3.8, 4) is 0 Å². The molecule has 4 nitrogen and oxygen atoms in total. The fourth-order valence-corrected chi connectivity index (χ4v) is 3.05. The predicted octanol–water partition coefficient (Wildman–Crippen LogP) is 1.69. The van der Waals surface area contributed by atoms with Crippen LogP contribution in [0.1, 0.15) is 5.56 Å². The Morgan fingerprint density at radius 1 is 1.06 bits per heavy atom. The van der Waals surface area contributed by atoms with Gasteiger partial charge in [-0.05, 0) is 5.56 Å². The molecule has 0 atom stereocenters. The molecule has 0 aliphatic carbocycles. The minimum absolute atomic E-state index is 0.323. The van der Waals surface area contributed by atoms with E-state index < -0.39 is 8.80 Å². The van der Waals surface area contributed by atoms with Crippen LogP contribution in [0.25, 0.3) is 5.57 Å². The van der Waals surface area contributed by atoms with Gasteiger partial charge in [0.15, 0.2) is 0 Å². The molecule has 0 saturated heterocycles. The van der Waals surface area contributed by atoms with Gasteiger partial charge in [-0.2, -0.15) is 0 Å². The smallest absolute Gasteiger partial charge is 0.372 e. The van der Waals surface area contributed by atoms with Crippen molar-refractivity contribution < 1.29 is 18.1 Å². The van der Waals surface area contributed by atoms with Gasteiger partial charge in [0.25, 0.3) is 0 Å². The highest BCUT2D eigenvalue weighted by Gasteiger charge is 2.48. The summed E-state index contributed by atoms with van der Waals surface area (Å²) in [5.74, 6) is 0. The van der Waals surface area contributed by atoms with Crippen LogP contribution in [-0.2, 0) is 18.1 Å². The maximum absolute atomic E-state index is 12.2. The lowest BCUT2D eigenvalue weighted by atomic mass is 10.1. The molecule has 0 saturated carbocycles. The Morgan fingerprint density at radius 3 is 1.94 bits per heavy atom. The van der Waals surface area contributed by atoms with E-state index in [2.05, 4.69) is 6.58 Å². The topological polar surface area (TPSA) is 44.8 Å². The summed E-state index contributed by atoms with van der Waals surface area (Å²) in [5, 5.41) is -0.323. The van der Waals surface area contributed by atoms with Crippen LogP contribution in [0.4, 0.5) is 0 Å². The quantitative estimate of drug-likeness (QED) is 0.571. The van der Waals surface area contributed by atoms with Gasteiger partial charge in [-0.1, -0.05) is 36.9 Å². The van der Waals surface area contributed by atoms with Crippen molar-refractivity contribution in [3.05, 3.63) is 42.5 Å². The van der Waals surface area contributed by atoms with Crippen molar-refractivity contribution in [2.45, 2.75) is 0 Å². The molecule has 0 heterocycles. The average molecular weight is 252 g/mol. The number of hydrogen-bond acceptors (Lipinski definition) is 4. The first-order chi connectivity index (χ1) is 8.11. The third-order valence-electron chi connectivity index (χ3n) is 2.48. The molecule has 0 amide bonds. The van der Waals surface area contributed by atoms with Crippen LogP contribution in [0, 0.1) is 0 Å². The fraction of sp³-hybridized carbons (Fsp3) is 0.250. The Kier molecular flexibility index (Phi) is 4.77. The summed E-state index contributed by atoms with van der Waals surface area (Å²) in [4.78, 5) is 12.2. The Morgan fingerprint density at radius 2 is 1.53 bits per heavy atom. The second kappa shape index (κ2) is 5.88. The number of allylic oxidation sites excluding steroid dienone is 1. The zero-order chi connectivity index (χ0) is 12.9. The van der Waals surface area contributed by atoms with Crippen molar-refractivity contribution >= 4 is 19.8 Å². The molecule has 5 heteroatoms. The van der Waals surface area contributed by atoms with Crippen LogP contribution in [0.5, 0.6) is 0 Å². The fourth-order valence-electron chi connectivity index (χ4n) is 1.48. The predicted molar refractivity (Wildman–Crippen MR) is 67.3 cm³/mol. The van der Waals surface area contributed by atoms with Gasteiger partial charge in [-0.15, -0.1) is 0 Å². The molecule has 0 spiro atoms. The first kappa shape index (κ1) is 13.8. The van der Waals surface area contributed by atoms with Gasteiger partial charge in [0.1, 0.15) is 0 Å². The summed E-state index contributed by atoms with van der Waals surface area (Å²) in [6.45, 7) is 3.78. The maximum atomic E-state index is 12.2. The summed E-state index contributed by atoms with van der Waals surface area (Å²) < 4.78 is 15.4. The van der Waals surface area contributed by atoms with Gasteiger partial charge < -0.3 is 13.3 Å². The van der Waals surface area contributed by atoms with Gasteiger partial charge in [0, 0.05) is 26.9 Å². The third-order valence-corrected chi connectivity index (χ3v) is 4.95. The van der Waals surface area contributed by atoms with E-state index in [1.165, 1.54) is 21.3 Å². The summed E-state index contributed by atoms with van der Waals surface area (Å²) >= 11 is 0. The van der Waals surface area contributed by atoms with E-state index >= 15 is 0 Å². The normalized spacial score (nSPS) is 11.2. The van der Waals surface area contributed by atoms with Gasteiger partial charge in [0.05, 0.1) is 0 Å². The third kappa shape index (κ3) is 2.70. The second-order valence-electron chi connectivity index (χ2n) is 3.34. The Labute approximate surface area is 102 Å². The number of benzene rings is 1. The monoisotopic (exact) mass is 252 g/mol. The number of carbonyl (C=O) groups is 1. The lowest BCUT2D eigenvalue weighted by Crippen LogP contribution is -2.51. The van der Waals surface area contributed by atoms with E-state index in [9.17, 15) is 4.79 Å². The molecular formula is C12H16O4Si. The largest absolute Gasteiger partial charge is 0.579 e. The highest BCUT2D eigenvalue weighted by molar-refractivity contribution is 6.98. The Hall–Kier alpha value is -1.27. The number of hydrogen-bond donors (Lipinski definition) is 0. The van der Waals surface area contributed by atoms with Crippen molar-refractivity contribution in [1.82, 2.24) is 0 Å². The summed E-state index contributed by atoms with van der Waals surface area (Å²) in [6.07, 6.45) is 0. The molecule has 0 aromatic heterocycles. The highest BCUT2D eigenvalue weighted by Crippen LogP contribution is 2.20. The van der Waals surface area contributed by atoms with Crippen LogP contribution in [0.2, 0.25) is 0 Å². The molecule has 1 aromatic rings. The van der Waals surface area contributed by atoms with Gasteiger partial charge in [-0.3, -0.25) is 4.79 Å². The standard InChI is InChI=1S/C12H16O4Si/c1-10(11-8-6-5-7-9-11)12(13)17(14-2,15-3)16-4/h5-9H,1H2,2-4H3. The van der Waals surface area contributed by atoms with E-state index in [-0.39, 0.29) is 5.41 Å². The first-order valence-electron chi connectivity index (χ1n) is 5.06. The Bertz CT molecular complexity index is 390. The molecule has 0 aliphatic rings. The van der Waals surface area contributed by atoms with Crippen molar-refractivity contribution in [1.29, 1.82) is 0 Å². The summed E-state index contributed by atoms with van der Waals surface area (Å²) in [6, 6.07) is 9.16. The summed E-state index contributed by atoms with van der Waals surface area (Å²) in [7, 11) is 0.890. The maximum Gasteiger partial charge on any atom is 0.579 e. The van der Waals surface area contributed by atoms with E-state index in [0.717, 1.165) is 5.56 Å². The molecule has 1 rings (SSSR count). The SMILES string of the molecule is C=C(C(=O)[Si](OC)(OC)OC)c1ccccc1. The van der Waals surface area contributed by atoms with E-state index in [0.29, 0.717) is 5.57 Å². The lowest BCUT2D eigenvalue weighted by molar-refractivity contribution is -0.113. The van der Waals surface area contributed by atoms with Gasteiger partial charge >= 0.3 is 8.80 Å². The summed E-state index contributed by atoms with van der Waals surface area (Å²) in [5.41, 5.74) is 1.07. The van der Waals surface area contributed by atoms with Crippen LogP contribution in [0.15, 0.2) is 36.9 Å². The van der Waals surface area contributed by atoms with Crippen LogP contribution in [-0.4, -0.2) is 35.5 Å². The van der Waals surface area contributed by atoms with Crippen molar-refractivity contribution in [2.24, 2.45) is 0 Å². The molecule has 0 unspecified atom stereocenters. The molecule has 0 aliphatic heterocycles. The second-order valence-corrected chi connectivity index (χ2v) is 6.13. The van der Waals surface area contributed by atoms with E-state index in [1.54, 1.807) is 12.1 Å². The number of rotatable bonds is 6. The van der Waals surface area contributed by atoms with Gasteiger partial charge in [0.2, 0.25) is 5.41 Å². The Balaban J connectivity index is 3.01. The molecule has 0 fully saturated rings. The van der Waals surface area contributed by atoms with Crippen molar-refractivity contribution in [3.63, 3.8) is 0 Å². The van der Waals surface area contributed by atoms with Crippen LogP contribution in [0.3, 0.4) is 0 Å². The molecule has 0 bridgehead atoms. The molecule has 0 radical (unpaired) electrons. The van der Waals surface area contributed by atoms with E-state index in [1.807, 2.05) is 18.2 Å². The first-order valence-corrected chi connectivity index (χ1v) is 6.78. The van der Waals surface area contributed by atoms with Crippen LogP contribution >= 0.6 is 0 Å². The zero-order valence-corrected chi connectivity index (χ0v) is 11.2. The van der Waals surface area contributed by atoms with E-state index in [4.69, 9.17) is 13.3 Å². The highest BCUT2D eigenvalue weighted by atomic mass is 28.4. The zero-order valence-electron chi connectivity index (χ0n) is 10.2. The van der Waals surface area contributed by atoms with Crippen LogP contribution < -0.4 is 0 Å². The minimum Gasteiger partial charge on any atom is -0.372 e. The van der Waals surface area contributed by atoms with Crippen molar-refractivity contribution in [2.75, 3.05) is 21.3 Å². The average Bonchev–Trinajstić information content (AvgIpc) is 2.41. The molecule has 1 aromatic carbocycles. The molecule has 17 heavy (non-hydrogen) atoms.